The van der Waals surface area contributed by atoms with Gasteiger partial charge in [0, 0.05) is 40.7 Å². The lowest BCUT2D eigenvalue weighted by Gasteiger charge is -2.08. The monoisotopic (exact) mass is 393 g/mol. The first-order valence-electron chi connectivity index (χ1n) is 7.80. The molecule has 4 atom stereocenters. The summed E-state index contributed by atoms with van der Waals surface area (Å²) in [4.78, 5) is 2.56. The molecule has 3 nitrogen and oxygen atoms in total. The number of benzene rings is 1. The van der Waals surface area contributed by atoms with Crippen molar-refractivity contribution in [3.63, 3.8) is 0 Å². The van der Waals surface area contributed by atoms with Crippen molar-refractivity contribution in [2.75, 3.05) is 25.4 Å². The zero-order valence-electron chi connectivity index (χ0n) is 12.6. The highest BCUT2D eigenvalue weighted by Crippen LogP contribution is 2.69. The smallest absolute Gasteiger partial charge is 0.135 e. The normalized spacial score (nSPS) is 31.8. The van der Waals surface area contributed by atoms with Gasteiger partial charge < -0.3 is 4.90 Å². The maximum Gasteiger partial charge on any atom is 0.135 e. The van der Waals surface area contributed by atoms with Crippen LogP contribution in [-0.4, -0.2) is 39.0 Å². The Bertz CT molecular complexity index is 853. The van der Waals surface area contributed by atoms with Crippen LogP contribution in [-0.2, 0) is 5.41 Å². The molecule has 24 heavy (non-hydrogen) atoms. The Hall–Kier alpha value is -0.770. The maximum absolute atomic E-state index is 6.00. The van der Waals surface area contributed by atoms with Crippen molar-refractivity contribution < 1.29 is 0 Å². The quantitative estimate of drug-likeness (QED) is 0.585. The molecule has 4 bridgehead atoms. The van der Waals surface area contributed by atoms with E-state index in [0.29, 0.717) is 21.2 Å². The van der Waals surface area contributed by atoms with E-state index in [0.717, 1.165) is 22.4 Å². The van der Waals surface area contributed by atoms with Crippen molar-refractivity contribution in [2.24, 2.45) is 11.8 Å². The molecule has 3 aliphatic heterocycles. The lowest BCUT2D eigenvalue weighted by molar-refractivity contribution is 0.405. The summed E-state index contributed by atoms with van der Waals surface area (Å²) in [5, 5.41) is 2.30. The molecule has 1 aromatic carbocycles. The van der Waals surface area contributed by atoms with Crippen LogP contribution in [0, 0.1) is 23.7 Å². The van der Waals surface area contributed by atoms with Crippen molar-refractivity contribution in [3.05, 3.63) is 39.5 Å². The van der Waals surface area contributed by atoms with Crippen molar-refractivity contribution in [2.45, 2.75) is 10.4 Å². The van der Waals surface area contributed by atoms with E-state index >= 15 is 0 Å². The van der Waals surface area contributed by atoms with Gasteiger partial charge in [0.2, 0.25) is 0 Å². The van der Waals surface area contributed by atoms with Crippen LogP contribution in [0.1, 0.15) is 11.3 Å². The van der Waals surface area contributed by atoms with Crippen molar-refractivity contribution in [1.82, 2.24) is 13.6 Å². The van der Waals surface area contributed by atoms with Crippen LogP contribution in [0.25, 0.3) is 0 Å². The molecular weight excluding hydrogens is 381 g/mol. The topological polar surface area (TPSA) is 29.0 Å². The molecule has 6 rings (SSSR count). The Morgan fingerprint density at radius 1 is 1.21 bits per heavy atom. The number of rotatable bonds is 3. The summed E-state index contributed by atoms with van der Waals surface area (Å²) in [6.07, 6.45) is 0. The first-order chi connectivity index (χ1) is 11.7. The van der Waals surface area contributed by atoms with E-state index in [9.17, 15) is 0 Å². The summed E-state index contributed by atoms with van der Waals surface area (Å²) in [7, 11) is 0. The van der Waals surface area contributed by atoms with Gasteiger partial charge >= 0.3 is 0 Å². The standard InChI is InChI=1S/C17H13Cl2N3S2/c18-11-4-10(5-12(19)6-11)2-1-3-23-16-15(20-24-21-16)17-9-22-7-13(17)14(17)8-22/h4-6,13-14H,3,7-9H2/t13-,14+,17?. The van der Waals surface area contributed by atoms with E-state index in [1.54, 1.807) is 17.8 Å². The van der Waals surface area contributed by atoms with Gasteiger partial charge in [-0.15, -0.1) is 0 Å². The molecule has 0 spiro atoms. The zero-order chi connectivity index (χ0) is 16.3. The van der Waals surface area contributed by atoms with Gasteiger partial charge in [-0.2, -0.15) is 8.75 Å². The minimum Gasteiger partial charge on any atom is -0.302 e. The first kappa shape index (κ1) is 15.5. The fourth-order valence-corrected chi connectivity index (χ4v) is 6.49. The second kappa shape index (κ2) is 5.62. The molecule has 1 aromatic heterocycles. The van der Waals surface area contributed by atoms with Crippen LogP contribution < -0.4 is 0 Å². The van der Waals surface area contributed by atoms with Crippen molar-refractivity contribution in [1.29, 1.82) is 0 Å². The average Bonchev–Trinajstić information content (AvgIpc) is 3.12. The Labute approximate surface area is 159 Å². The average molecular weight is 394 g/mol. The van der Waals surface area contributed by atoms with Crippen LogP contribution in [0.15, 0.2) is 23.2 Å². The molecule has 1 saturated carbocycles. The van der Waals surface area contributed by atoms with E-state index in [2.05, 4.69) is 25.5 Å². The van der Waals surface area contributed by atoms with Crippen LogP contribution in [0.2, 0.25) is 10.0 Å². The predicted molar refractivity (Wildman–Crippen MR) is 99.1 cm³/mol. The van der Waals surface area contributed by atoms with Gasteiger partial charge in [0.15, 0.2) is 0 Å². The number of thioether (sulfide) groups is 1. The minimum atomic E-state index is 0.323. The molecule has 7 heteroatoms. The second-order valence-electron chi connectivity index (χ2n) is 6.61. The van der Waals surface area contributed by atoms with E-state index in [-0.39, 0.29) is 0 Å². The number of piperidine rings is 3. The Kier molecular flexibility index (Phi) is 3.62. The fourth-order valence-electron chi connectivity index (χ4n) is 4.40. The van der Waals surface area contributed by atoms with E-state index < -0.39 is 0 Å². The van der Waals surface area contributed by atoms with E-state index in [4.69, 9.17) is 23.2 Å². The van der Waals surface area contributed by atoms with E-state index in [1.807, 2.05) is 12.1 Å². The summed E-state index contributed by atoms with van der Waals surface area (Å²) in [6.45, 7) is 3.68. The van der Waals surface area contributed by atoms with Crippen molar-refractivity contribution in [3.8, 4) is 11.8 Å². The Morgan fingerprint density at radius 2 is 1.96 bits per heavy atom. The van der Waals surface area contributed by atoms with Gasteiger partial charge in [-0.1, -0.05) is 46.8 Å². The predicted octanol–water partition coefficient (Wildman–Crippen LogP) is 3.80. The SMILES string of the molecule is Clc1cc(Cl)cc(C#CCSc2nsnc2C23CN4C[C@@H]2[C@@H]3C4)c1. The molecule has 0 radical (unpaired) electrons. The minimum absolute atomic E-state index is 0.323. The number of hydrogen-bond donors (Lipinski definition) is 0. The van der Waals surface area contributed by atoms with Gasteiger partial charge in [-0.05, 0) is 30.0 Å². The zero-order valence-corrected chi connectivity index (χ0v) is 15.8. The Balaban J connectivity index is 1.29. The van der Waals surface area contributed by atoms with Crippen LogP contribution in [0.3, 0.4) is 0 Å². The largest absolute Gasteiger partial charge is 0.302 e. The fraction of sp³-hybridized carbons (Fsp3) is 0.412. The Morgan fingerprint density at radius 3 is 2.62 bits per heavy atom. The van der Waals surface area contributed by atoms with Crippen LogP contribution >= 0.6 is 46.7 Å². The summed E-state index contributed by atoms with van der Waals surface area (Å²) in [6, 6.07) is 5.37. The lowest BCUT2D eigenvalue weighted by atomic mass is 10.0. The highest BCUT2D eigenvalue weighted by Gasteiger charge is 2.76. The number of halogens is 2. The maximum atomic E-state index is 6.00. The summed E-state index contributed by atoms with van der Waals surface area (Å²) in [5.41, 5.74) is 2.40. The third-order valence-electron chi connectivity index (χ3n) is 5.37. The molecule has 0 N–H and O–H groups in total. The molecule has 1 aliphatic carbocycles. The number of hydrogen-bond acceptors (Lipinski definition) is 5. The van der Waals surface area contributed by atoms with Gasteiger partial charge in [0.05, 0.1) is 23.2 Å². The molecule has 4 fully saturated rings. The molecule has 4 aliphatic rings. The molecule has 4 heterocycles. The highest BCUT2D eigenvalue weighted by molar-refractivity contribution is 7.99. The third kappa shape index (κ3) is 2.32. The molecule has 2 aromatic rings. The van der Waals surface area contributed by atoms with Gasteiger partial charge in [-0.3, -0.25) is 0 Å². The van der Waals surface area contributed by atoms with E-state index in [1.165, 1.54) is 37.1 Å². The van der Waals surface area contributed by atoms with Crippen molar-refractivity contribution >= 4 is 46.7 Å². The number of aromatic nitrogens is 2. The first-order valence-corrected chi connectivity index (χ1v) is 10.3. The summed E-state index contributed by atoms with van der Waals surface area (Å²) >= 11 is 15.0. The van der Waals surface area contributed by atoms with Gasteiger partial charge in [0.25, 0.3) is 0 Å². The summed E-state index contributed by atoms with van der Waals surface area (Å²) in [5.74, 6) is 8.64. The van der Waals surface area contributed by atoms with Gasteiger partial charge in [0.1, 0.15) is 5.03 Å². The molecular formula is C17H13Cl2N3S2. The molecule has 122 valence electrons. The molecule has 0 amide bonds. The second-order valence-corrected chi connectivity index (χ2v) is 8.98. The third-order valence-corrected chi connectivity index (χ3v) is 7.30. The lowest BCUT2D eigenvalue weighted by Crippen LogP contribution is -2.16. The molecule has 2 unspecified atom stereocenters. The molecule has 3 saturated heterocycles. The highest BCUT2D eigenvalue weighted by atomic mass is 35.5. The number of nitrogens with zero attached hydrogens (tertiary/aromatic N) is 3. The summed E-state index contributed by atoms with van der Waals surface area (Å²) < 4.78 is 9.17. The van der Waals surface area contributed by atoms with Crippen LogP contribution in [0.5, 0.6) is 0 Å². The van der Waals surface area contributed by atoms with Crippen LogP contribution in [0.4, 0.5) is 0 Å². The van der Waals surface area contributed by atoms with Gasteiger partial charge in [-0.25, -0.2) is 0 Å².